The van der Waals surface area contributed by atoms with Crippen LogP contribution in [0, 0.1) is 0 Å². The van der Waals surface area contributed by atoms with Gasteiger partial charge in [0.25, 0.3) is 0 Å². The molecule has 1 aromatic rings. The Hall–Kier alpha value is -1.55. The molecule has 0 spiro atoms. The van der Waals surface area contributed by atoms with E-state index in [0.717, 1.165) is 30.7 Å². The van der Waals surface area contributed by atoms with E-state index < -0.39 is 0 Å². The number of hydrogen-bond acceptors (Lipinski definition) is 3. The Bertz CT molecular complexity index is 447. The molecular weight excluding hydrogens is 216 g/mol. The Labute approximate surface area is 100 Å². The van der Waals surface area contributed by atoms with Crippen molar-refractivity contribution in [2.24, 2.45) is 5.73 Å². The van der Waals surface area contributed by atoms with Crippen LogP contribution >= 0.6 is 0 Å². The van der Waals surface area contributed by atoms with Gasteiger partial charge in [0.05, 0.1) is 18.7 Å². The number of benzene rings is 1. The molecule has 90 valence electrons. The van der Waals surface area contributed by atoms with Gasteiger partial charge in [0.15, 0.2) is 0 Å². The van der Waals surface area contributed by atoms with Crippen LogP contribution in [0.15, 0.2) is 24.3 Å². The zero-order valence-corrected chi connectivity index (χ0v) is 9.63. The van der Waals surface area contributed by atoms with Crippen molar-refractivity contribution in [2.45, 2.75) is 24.9 Å². The first kappa shape index (κ1) is 10.6. The maximum absolute atomic E-state index is 12.0. The molecule has 0 aromatic heterocycles. The lowest BCUT2D eigenvalue weighted by molar-refractivity contribution is -0.131. The van der Waals surface area contributed by atoms with Crippen LogP contribution in [0.4, 0.5) is 0 Å². The zero-order chi connectivity index (χ0) is 11.8. The zero-order valence-electron chi connectivity index (χ0n) is 9.63. The Balaban J connectivity index is 1.93. The molecule has 1 amide bonds. The molecule has 0 radical (unpaired) electrons. The summed E-state index contributed by atoms with van der Waals surface area (Å²) in [6.07, 6.45) is 1.62. The Morgan fingerprint density at radius 2 is 2.12 bits per heavy atom. The van der Waals surface area contributed by atoms with Crippen molar-refractivity contribution in [3.8, 4) is 5.75 Å². The quantitative estimate of drug-likeness (QED) is 0.788. The molecule has 1 aromatic carbocycles. The molecule has 17 heavy (non-hydrogen) atoms. The van der Waals surface area contributed by atoms with Gasteiger partial charge in [-0.3, -0.25) is 4.79 Å². The number of nitrogens with zero attached hydrogens (tertiary/aromatic N) is 1. The van der Waals surface area contributed by atoms with E-state index in [1.807, 2.05) is 29.2 Å². The van der Waals surface area contributed by atoms with Gasteiger partial charge in [-0.2, -0.15) is 0 Å². The number of ether oxygens (including phenoxy) is 1. The summed E-state index contributed by atoms with van der Waals surface area (Å²) >= 11 is 0. The van der Waals surface area contributed by atoms with Crippen LogP contribution in [0.1, 0.15) is 24.4 Å². The van der Waals surface area contributed by atoms with Crippen LogP contribution in [0.3, 0.4) is 0 Å². The molecule has 3 rings (SSSR count). The number of para-hydroxylation sites is 1. The average Bonchev–Trinajstić information content (AvgIpc) is 2.69. The third-order valence-electron chi connectivity index (χ3n) is 3.58. The fourth-order valence-electron chi connectivity index (χ4n) is 2.68. The molecule has 0 aliphatic carbocycles. The molecule has 2 N–H and O–H groups in total. The summed E-state index contributed by atoms with van der Waals surface area (Å²) in [5.74, 6) is 0.976. The lowest BCUT2D eigenvalue weighted by Crippen LogP contribution is -2.38. The monoisotopic (exact) mass is 232 g/mol. The molecule has 2 heterocycles. The molecule has 0 saturated carbocycles. The Morgan fingerprint density at radius 1 is 1.29 bits per heavy atom. The van der Waals surface area contributed by atoms with Crippen molar-refractivity contribution in [2.75, 3.05) is 13.2 Å². The molecule has 2 aliphatic heterocycles. The minimum atomic E-state index is -0.315. The second-order valence-corrected chi connectivity index (χ2v) is 4.62. The first-order valence-electron chi connectivity index (χ1n) is 6.05. The smallest absolute Gasteiger partial charge is 0.240 e. The lowest BCUT2D eigenvalue weighted by atomic mass is 9.99. The summed E-state index contributed by atoms with van der Waals surface area (Å²) in [5, 5.41) is 0. The molecule has 4 heteroatoms. The van der Waals surface area contributed by atoms with Crippen molar-refractivity contribution in [1.82, 2.24) is 4.90 Å². The van der Waals surface area contributed by atoms with Crippen molar-refractivity contribution >= 4 is 5.91 Å². The first-order valence-corrected chi connectivity index (χ1v) is 6.05. The van der Waals surface area contributed by atoms with E-state index in [-0.39, 0.29) is 18.0 Å². The van der Waals surface area contributed by atoms with Gasteiger partial charge in [0.1, 0.15) is 5.75 Å². The molecule has 2 aliphatic rings. The number of likely N-dealkylation sites (tertiary alicyclic amines) is 1. The fourth-order valence-corrected chi connectivity index (χ4v) is 2.68. The van der Waals surface area contributed by atoms with Gasteiger partial charge in [-0.1, -0.05) is 18.2 Å². The van der Waals surface area contributed by atoms with Crippen molar-refractivity contribution in [3.05, 3.63) is 29.8 Å². The van der Waals surface area contributed by atoms with E-state index in [0.29, 0.717) is 6.61 Å². The average molecular weight is 232 g/mol. The first-order chi connectivity index (χ1) is 8.27. The van der Waals surface area contributed by atoms with Crippen molar-refractivity contribution in [1.29, 1.82) is 0 Å². The van der Waals surface area contributed by atoms with E-state index in [2.05, 4.69) is 0 Å². The van der Waals surface area contributed by atoms with Crippen LogP contribution in [-0.2, 0) is 4.79 Å². The lowest BCUT2D eigenvalue weighted by Gasteiger charge is -2.33. The highest BCUT2D eigenvalue weighted by Gasteiger charge is 2.36. The fraction of sp³-hybridized carbons (Fsp3) is 0.462. The van der Waals surface area contributed by atoms with Gasteiger partial charge in [0, 0.05) is 18.5 Å². The van der Waals surface area contributed by atoms with Crippen LogP contribution in [0.25, 0.3) is 0 Å². The van der Waals surface area contributed by atoms with E-state index in [1.165, 1.54) is 0 Å². The number of amides is 1. The van der Waals surface area contributed by atoms with Gasteiger partial charge in [0.2, 0.25) is 5.91 Å². The summed E-state index contributed by atoms with van der Waals surface area (Å²) in [6.45, 7) is 1.43. The summed E-state index contributed by atoms with van der Waals surface area (Å²) in [7, 11) is 0. The number of nitrogens with two attached hydrogens (primary N) is 1. The van der Waals surface area contributed by atoms with Gasteiger partial charge in [-0.25, -0.2) is 0 Å². The van der Waals surface area contributed by atoms with Gasteiger partial charge in [-0.05, 0) is 12.5 Å². The summed E-state index contributed by atoms with van der Waals surface area (Å²) in [5.41, 5.74) is 6.89. The summed E-state index contributed by atoms with van der Waals surface area (Å²) in [6, 6.07) is 7.77. The molecule has 1 saturated heterocycles. The third kappa shape index (κ3) is 1.69. The highest BCUT2D eigenvalue weighted by atomic mass is 16.5. The Kier molecular flexibility index (Phi) is 2.52. The maximum atomic E-state index is 12.0. The standard InChI is InChI=1S/C13H16N2O2/c14-10-5-7-15(13(10)16)11-6-8-17-12-4-2-1-3-9(11)12/h1-4,10-11H,5-8,14H2. The molecule has 4 nitrogen and oxygen atoms in total. The molecule has 2 unspecified atom stereocenters. The predicted molar refractivity (Wildman–Crippen MR) is 63.6 cm³/mol. The van der Waals surface area contributed by atoms with E-state index >= 15 is 0 Å². The SMILES string of the molecule is NC1CCN(C2CCOc3ccccc32)C1=O. The highest BCUT2D eigenvalue weighted by Crippen LogP contribution is 2.37. The molecule has 0 bridgehead atoms. The normalized spacial score (nSPS) is 27.8. The van der Waals surface area contributed by atoms with Crippen molar-refractivity contribution in [3.63, 3.8) is 0 Å². The van der Waals surface area contributed by atoms with E-state index in [1.54, 1.807) is 0 Å². The number of rotatable bonds is 1. The maximum Gasteiger partial charge on any atom is 0.240 e. The Morgan fingerprint density at radius 3 is 2.88 bits per heavy atom. The minimum absolute atomic E-state index is 0.0757. The second kappa shape index (κ2) is 4.04. The summed E-state index contributed by atoms with van der Waals surface area (Å²) in [4.78, 5) is 13.9. The molecule has 1 fully saturated rings. The predicted octanol–water partition coefficient (Wildman–Crippen LogP) is 1.07. The van der Waals surface area contributed by atoms with Crippen LogP contribution in [-0.4, -0.2) is 30.0 Å². The van der Waals surface area contributed by atoms with E-state index in [4.69, 9.17) is 10.5 Å². The van der Waals surface area contributed by atoms with E-state index in [9.17, 15) is 4.79 Å². The van der Waals surface area contributed by atoms with Crippen LogP contribution in [0.5, 0.6) is 5.75 Å². The topological polar surface area (TPSA) is 55.6 Å². The molecular formula is C13H16N2O2. The number of fused-ring (bicyclic) bond motifs is 1. The number of carbonyl (C=O) groups is 1. The highest BCUT2D eigenvalue weighted by molar-refractivity contribution is 5.84. The van der Waals surface area contributed by atoms with Crippen LogP contribution < -0.4 is 10.5 Å². The largest absolute Gasteiger partial charge is 0.493 e. The number of hydrogen-bond donors (Lipinski definition) is 1. The third-order valence-corrected chi connectivity index (χ3v) is 3.58. The van der Waals surface area contributed by atoms with Gasteiger partial charge < -0.3 is 15.4 Å². The minimum Gasteiger partial charge on any atom is -0.493 e. The number of carbonyl (C=O) groups excluding carboxylic acids is 1. The summed E-state index contributed by atoms with van der Waals surface area (Å²) < 4.78 is 5.61. The molecule has 2 atom stereocenters. The van der Waals surface area contributed by atoms with Gasteiger partial charge >= 0.3 is 0 Å². The second-order valence-electron chi connectivity index (χ2n) is 4.62. The van der Waals surface area contributed by atoms with Gasteiger partial charge in [-0.15, -0.1) is 0 Å². The van der Waals surface area contributed by atoms with Crippen molar-refractivity contribution < 1.29 is 9.53 Å². The van der Waals surface area contributed by atoms with Crippen LogP contribution in [0.2, 0.25) is 0 Å².